The topological polar surface area (TPSA) is 15.3 Å². The number of nitrogens with one attached hydrogen (secondary N) is 1. The first-order valence-electron chi connectivity index (χ1n) is 7.62. The third-order valence-corrected chi connectivity index (χ3v) is 4.88. The van der Waals surface area contributed by atoms with Crippen LogP contribution in [0.3, 0.4) is 0 Å². The Kier molecular flexibility index (Phi) is 4.48. The lowest BCUT2D eigenvalue weighted by molar-refractivity contribution is 0.0574. The maximum absolute atomic E-state index is 3.75. The second kappa shape index (κ2) is 5.71. The van der Waals surface area contributed by atoms with E-state index in [4.69, 9.17) is 0 Å². The van der Waals surface area contributed by atoms with E-state index < -0.39 is 0 Å². The zero-order valence-corrected chi connectivity index (χ0v) is 12.1. The summed E-state index contributed by atoms with van der Waals surface area (Å²) in [7, 11) is 0. The van der Waals surface area contributed by atoms with E-state index in [1.54, 1.807) is 0 Å². The molecule has 1 aliphatic carbocycles. The van der Waals surface area contributed by atoms with Gasteiger partial charge >= 0.3 is 0 Å². The van der Waals surface area contributed by atoms with Crippen LogP contribution in [0.2, 0.25) is 0 Å². The van der Waals surface area contributed by atoms with Crippen LogP contribution in [0, 0.1) is 11.8 Å². The Morgan fingerprint density at radius 3 is 2.53 bits per heavy atom. The normalized spacial score (nSPS) is 44.1. The van der Waals surface area contributed by atoms with E-state index in [0.717, 1.165) is 36.5 Å². The molecule has 2 heteroatoms. The number of likely N-dealkylation sites (N-methyl/N-ethyl adjacent to an activating group) is 1. The van der Waals surface area contributed by atoms with Gasteiger partial charge in [0.1, 0.15) is 0 Å². The maximum atomic E-state index is 3.75. The summed E-state index contributed by atoms with van der Waals surface area (Å²) in [6, 6.07) is 2.31. The van der Waals surface area contributed by atoms with Crippen molar-refractivity contribution in [2.75, 3.05) is 13.1 Å². The molecule has 1 N–H and O–H groups in total. The smallest absolute Gasteiger partial charge is 0.0277 e. The van der Waals surface area contributed by atoms with Gasteiger partial charge in [0.2, 0.25) is 0 Å². The van der Waals surface area contributed by atoms with E-state index >= 15 is 0 Å². The molecule has 17 heavy (non-hydrogen) atoms. The van der Waals surface area contributed by atoms with Crippen molar-refractivity contribution in [3.8, 4) is 0 Å². The molecule has 2 rings (SSSR count). The van der Waals surface area contributed by atoms with Crippen LogP contribution in [0.4, 0.5) is 0 Å². The van der Waals surface area contributed by atoms with E-state index in [1.165, 1.54) is 32.2 Å². The van der Waals surface area contributed by atoms with Crippen LogP contribution < -0.4 is 5.32 Å². The van der Waals surface area contributed by atoms with Gasteiger partial charge in [0, 0.05) is 18.1 Å². The summed E-state index contributed by atoms with van der Waals surface area (Å²) in [5.74, 6) is 1.74. The lowest BCUT2D eigenvalue weighted by Gasteiger charge is -2.46. The standard InChI is InChI=1S/C15H30N2/c1-5-16-14-10-11(2)9-12(3)15(14)17-8-6-7-13(17)4/h11-16H,5-10H2,1-4H3. The highest BCUT2D eigenvalue weighted by Crippen LogP contribution is 2.35. The van der Waals surface area contributed by atoms with Gasteiger partial charge in [0.05, 0.1) is 0 Å². The van der Waals surface area contributed by atoms with Crippen molar-refractivity contribution in [2.45, 2.75) is 71.5 Å². The van der Waals surface area contributed by atoms with Crippen molar-refractivity contribution in [1.29, 1.82) is 0 Å². The number of rotatable bonds is 3. The highest BCUT2D eigenvalue weighted by molar-refractivity contribution is 4.96. The molecule has 2 fully saturated rings. The van der Waals surface area contributed by atoms with E-state index in [1.807, 2.05) is 0 Å². The van der Waals surface area contributed by atoms with Gasteiger partial charge < -0.3 is 5.32 Å². The zero-order valence-electron chi connectivity index (χ0n) is 12.1. The third kappa shape index (κ3) is 2.85. The summed E-state index contributed by atoms with van der Waals surface area (Å²) in [4.78, 5) is 2.80. The second-order valence-corrected chi connectivity index (χ2v) is 6.44. The van der Waals surface area contributed by atoms with Gasteiger partial charge in [0.15, 0.2) is 0 Å². The first-order valence-corrected chi connectivity index (χ1v) is 7.62. The van der Waals surface area contributed by atoms with Crippen LogP contribution in [0.25, 0.3) is 0 Å². The molecule has 1 aliphatic heterocycles. The summed E-state index contributed by atoms with van der Waals surface area (Å²) < 4.78 is 0. The third-order valence-electron chi connectivity index (χ3n) is 4.88. The molecular formula is C15H30N2. The molecular weight excluding hydrogens is 208 g/mol. The number of likely N-dealkylation sites (tertiary alicyclic amines) is 1. The van der Waals surface area contributed by atoms with Crippen LogP contribution in [0.5, 0.6) is 0 Å². The molecule has 1 heterocycles. The first kappa shape index (κ1) is 13.4. The predicted octanol–water partition coefficient (Wildman–Crippen LogP) is 2.88. The van der Waals surface area contributed by atoms with Gasteiger partial charge in [-0.1, -0.05) is 20.8 Å². The molecule has 0 spiro atoms. The van der Waals surface area contributed by atoms with Gasteiger partial charge in [0.25, 0.3) is 0 Å². The van der Waals surface area contributed by atoms with Crippen molar-refractivity contribution < 1.29 is 0 Å². The van der Waals surface area contributed by atoms with E-state index in [0.29, 0.717) is 0 Å². The average molecular weight is 238 g/mol. The Labute approximate surface area is 107 Å². The minimum atomic E-state index is 0.722. The molecule has 0 aromatic heterocycles. The summed E-state index contributed by atoms with van der Waals surface area (Å²) in [5, 5.41) is 3.75. The minimum Gasteiger partial charge on any atom is -0.313 e. The quantitative estimate of drug-likeness (QED) is 0.813. The van der Waals surface area contributed by atoms with Gasteiger partial charge in [-0.05, 0) is 57.5 Å². The Balaban J connectivity index is 2.09. The minimum absolute atomic E-state index is 0.722. The summed E-state index contributed by atoms with van der Waals surface area (Å²) in [6.45, 7) is 12.0. The average Bonchev–Trinajstić information content (AvgIpc) is 2.64. The fourth-order valence-corrected chi connectivity index (χ4v) is 4.26. The van der Waals surface area contributed by atoms with Crippen molar-refractivity contribution in [3.63, 3.8) is 0 Å². The van der Waals surface area contributed by atoms with Gasteiger partial charge in [-0.3, -0.25) is 4.90 Å². The molecule has 0 amide bonds. The lowest BCUT2D eigenvalue weighted by Crippen LogP contribution is -2.57. The van der Waals surface area contributed by atoms with Gasteiger partial charge in [-0.25, -0.2) is 0 Å². The van der Waals surface area contributed by atoms with Crippen molar-refractivity contribution in [2.24, 2.45) is 11.8 Å². The van der Waals surface area contributed by atoms with E-state index in [9.17, 15) is 0 Å². The van der Waals surface area contributed by atoms with Crippen molar-refractivity contribution in [3.05, 3.63) is 0 Å². The molecule has 0 aromatic carbocycles. The lowest BCUT2D eigenvalue weighted by atomic mass is 9.75. The Morgan fingerprint density at radius 1 is 1.18 bits per heavy atom. The highest BCUT2D eigenvalue weighted by Gasteiger charge is 2.40. The van der Waals surface area contributed by atoms with Crippen LogP contribution in [-0.4, -0.2) is 36.1 Å². The predicted molar refractivity (Wildman–Crippen MR) is 74.2 cm³/mol. The largest absolute Gasteiger partial charge is 0.313 e. The summed E-state index contributed by atoms with van der Waals surface area (Å²) >= 11 is 0. The number of hydrogen-bond donors (Lipinski definition) is 1. The van der Waals surface area contributed by atoms with E-state index in [-0.39, 0.29) is 0 Å². The molecule has 1 saturated heterocycles. The molecule has 2 aliphatic rings. The molecule has 0 aromatic rings. The van der Waals surface area contributed by atoms with Crippen LogP contribution in [0.1, 0.15) is 53.4 Å². The fourth-order valence-electron chi connectivity index (χ4n) is 4.26. The van der Waals surface area contributed by atoms with Gasteiger partial charge in [-0.2, -0.15) is 0 Å². The van der Waals surface area contributed by atoms with Crippen LogP contribution in [-0.2, 0) is 0 Å². The molecule has 0 radical (unpaired) electrons. The van der Waals surface area contributed by atoms with Crippen molar-refractivity contribution in [1.82, 2.24) is 10.2 Å². The SMILES string of the molecule is CCNC1CC(C)CC(C)C1N1CCCC1C. The highest BCUT2D eigenvalue weighted by atomic mass is 15.2. The Bertz CT molecular complexity index is 241. The Hall–Kier alpha value is -0.0800. The number of hydrogen-bond acceptors (Lipinski definition) is 2. The zero-order chi connectivity index (χ0) is 12.4. The molecule has 5 atom stereocenters. The van der Waals surface area contributed by atoms with E-state index in [2.05, 4.69) is 37.9 Å². The molecule has 1 saturated carbocycles. The van der Waals surface area contributed by atoms with Crippen molar-refractivity contribution >= 4 is 0 Å². The fraction of sp³-hybridized carbons (Fsp3) is 1.00. The monoisotopic (exact) mass is 238 g/mol. The number of nitrogens with zero attached hydrogens (tertiary/aromatic N) is 1. The van der Waals surface area contributed by atoms with Crippen LogP contribution in [0.15, 0.2) is 0 Å². The van der Waals surface area contributed by atoms with Gasteiger partial charge in [-0.15, -0.1) is 0 Å². The second-order valence-electron chi connectivity index (χ2n) is 6.44. The molecule has 5 unspecified atom stereocenters. The maximum Gasteiger partial charge on any atom is 0.0277 e. The Morgan fingerprint density at radius 2 is 1.94 bits per heavy atom. The van der Waals surface area contributed by atoms with Crippen LogP contribution >= 0.6 is 0 Å². The molecule has 2 nitrogen and oxygen atoms in total. The molecule has 0 bridgehead atoms. The summed E-state index contributed by atoms with van der Waals surface area (Å²) in [5.41, 5.74) is 0. The molecule has 100 valence electrons. The first-order chi connectivity index (χ1) is 8.13. The summed E-state index contributed by atoms with van der Waals surface area (Å²) in [6.07, 6.45) is 5.58.